The van der Waals surface area contributed by atoms with Crippen molar-refractivity contribution in [2.45, 2.75) is 0 Å². The molecule has 0 bridgehead atoms. The lowest BCUT2D eigenvalue weighted by Crippen LogP contribution is -2.08. The van der Waals surface area contributed by atoms with Crippen molar-refractivity contribution >= 4 is 33.9 Å². The van der Waals surface area contributed by atoms with Gasteiger partial charge in [-0.25, -0.2) is 0 Å². The van der Waals surface area contributed by atoms with Gasteiger partial charge in [-0.3, -0.25) is 0 Å². The third kappa shape index (κ3) is 7.36. The van der Waals surface area contributed by atoms with Crippen molar-refractivity contribution in [3.05, 3.63) is 142 Å². The minimum Gasteiger partial charge on any atom is -0.378 e. The molecule has 0 aliphatic heterocycles. The standard InChI is InChI=1S/C38H40N4/c1-39(2)33-21-13-29(14-22-33)37(30-15-23-34(24-16-30)40(3)4)11-9-10-12-38(31-17-25-35(26-18-31)41(5)6)32-19-27-36(28-20-32)42(7)8/h13-28H,1-8H3. The average molecular weight is 553 g/mol. The molecule has 4 aromatic rings. The van der Waals surface area contributed by atoms with E-state index in [1.165, 1.54) is 0 Å². The summed E-state index contributed by atoms with van der Waals surface area (Å²) in [5, 5.41) is 0. The van der Waals surface area contributed by atoms with Crippen LogP contribution in [0.3, 0.4) is 0 Å². The smallest absolute Gasteiger partial charge is 0.0400 e. The van der Waals surface area contributed by atoms with Crippen LogP contribution in [0.5, 0.6) is 0 Å². The summed E-state index contributed by atoms with van der Waals surface area (Å²) in [7, 11) is 16.4. The van der Waals surface area contributed by atoms with E-state index < -0.39 is 0 Å². The van der Waals surface area contributed by atoms with Crippen molar-refractivity contribution in [1.82, 2.24) is 0 Å². The molecule has 0 aliphatic rings. The molecule has 0 amide bonds. The number of nitrogens with zero attached hydrogens (tertiary/aromatic N) is 4. The number of anilines is 4. The fourth-order valence-corrected chi connectivity index (χ4v) is 4.51. The van der Waals surface area contributed by atoms with Gasteiger partial charge >= 0.3 is 0 Å². The first-order chi connectivity index (χ1) is 20.1. The summed E-state index contributed by atoms with van der Waals surface area (Å²) in [5.41, 5.74) is 23.9. The van der Waals surface area contributed by atoms with Crippen LogP contribution < -0.4 is 19.6 Å². The average Bonchev–Trinajstić information content (AvgIpc) is 2.99. The fourth-order valence-electron chi connectivity index (χ4n) is 4.51. The Morgan fingerprint density at radius 1 is 0.333 bits per heavy atom. The lowest BCUT2D eigenvalue weighted by atomic mass is 9.98. The van der Waals surface area contributed by atoms with Crippen LogP contribution in [-0.2, 0) is 0 Å². The Labute approximate surface area is 251 Å². The van der Waals surface area contributed by atoms with Crippen molar-refractivity contribution in [2.24, 2.45) is 0 Å². The predicted molar refractivity (Wildman–Crippen MR) is 182 cm³/mol. The van der Waals surface area contributed by atoms with Gasteiger partial charge in [0, 0.05) is 90.3 Å². The first-order valence-corrected chi connectivity index (χ1v) is 14.0. The second-order valence-electron chi connectivity index (χ2n) is 11.0. The van der Waals surface area contributed by atoms with Gasteiger partial charge in [0.1, 0.15) is 0 Å². The number of rotatable bonds is 8. The van der Waals surface area contributed by atoms with Crippen molar-refractivity contribution < 1.29 is 0 Å². The molecule has 212 valence electrons. The van der Waals surface area contributed by atoms with Gasteiger partial charge in [0.25, 0.3) is 0 Å². The lowest BCUT2D eigenvalue weighted by molar-refractivity contribution is 1.13. The molecule has 0 spiro atoms. The maximum Gasteiger partial charge on any atom is 0.0400 e. The van der Waals surface area contributed by atoms with Crippen molar-refractivity contribution in [3.8, 4) is 0 Å². The Balaban J connectivity index is 1.92. The summed E-state index contributed by atoms with van der Waals surface area (Å²) in [4.78, 5) is 8.39. The molecule has 0 N–H and O–H groups in total. The van der Waals surface area contributed by atoms with Gasteiger partial charge in [-0.15, -0.1) is 0 Å². The number of hydrogen-bond donors (Lipinski definition) is 0. The fraction of sp³-hybridized carbons (Fsp3) is 0.211. The van der Waals surface area contributed by atoms with Gasteiger partial charge in [0.2, 0.25) is 0 Å². The molecule has 4 rings (SSSR count). The molecule has 0 radical (unpaired) electrons. The predicted octanol–water partition coefficient (Wildman–Crippen LogP) is 7.58. The normalized spacial score (nSPS) is 10.0. The van der Waals surface area contributed by atoms with Crippen molar-refractivity contribution in [2.75, 3.05) is 76.0 Å². The van der Waals surface area contributed by atoms with E-state index in [9.17, 15) is 0 Å². The quantitative estimate of drug-likeness (QED) is 0.209. The van der Waals surface area contributed by atoms with E-state index >= 15 is 0 Å². The van der Waals surface area contributed by atoms with Crippen LogP contribution in [0.4, 0.5) is 22.7 Å². The molecule has 0 fully saturated rings. The summed E-state index contributed by atoms with van der Waals surface area (Å²) in [6, 6.07) is 34.0. The van der Waals surface area contributed by atoms with Crippen LogP contribution in [0.2, 0.25) is 0 Å². The number of hydrogen-bond acceptors (Lipinski definition) is 4. The molecule has 0 unspecified atom stereocenters. The highest BCUT2D eigenvalue weighted by Crippen LogP contribution is 2.27. The zero-order chi connectivity index (χ0) is 30.2. The molecule has 4 nitrogen and oxygen atoms in total. The summed E-state index contributed by atoms with van der Waals surface area (Å²) >= 11 is 0. The van der Waals surface area contributed by atoms with Crippen molar-refractivity contribution in [1.29, 1.82) is 0 Å². The van der Waals surface area contributed by atoms with Crippen LogP contribution >= 0.6 is 0 Å². The molecule has 0 aliphatic carbocycles. The summed E-state index contributed by atoms with van der Waals surface area (Å²) < 4.78 is 0. The zero-order valence-electron chi connectivity index (χ0n) is 26.0. The minimum atomic E-state index is 0.951. The second-order valence-corrected chi connectivity index (χ2v) is 11.0. The lowest BCUT2D eigenvalue weighted by Gasteiger charge is -2.15. The summed E-state index contributed by atoms with van der Waals surface area (Å²) in [6.45, 7) is 0. The maximum atomic E-state index is 3.40. The monoisotopic (exact) mass is 552 g/mol. The molecule has 0 aromatic heterocycles. The van der Waals surface area contributed by atoms with Crippen LogP contribution in [-0.4, -0.2) is 56.4 Å². The van der Waals surface area contributed by atoms with Gasteiger partial charge in [-0.05, 0) is 82.2 Å². The molecule has 4 aromatic carbocycles. The van der Waals surface area contributed by atoms with E-state index in [4.69, 9.17) is 0 Å². The van der Waals surface area contributed by atoms with E-state index in [1.54, 1.807) is 0 Å². The number of benzene rings is 4. The molecular formula is C38H40N4. The maximum absolute atomic E-state index is 3.40. The van der Waals surface area contributed by atoms with E-state index in [2.05, 4.69) is 140 Å². The van der Waals surface area contributed by atoms with Gasteiger partial charge in [0.05, 0.1) is 0 Å². The molecule has 0 heterocycles. The topological polar surface area (TPSA) is 13.0 Å². The van der Waals surface area contributed by atoms with E-state index in [0.717, 1.165) is 56.1 Å². The van der Waals surface area contributed by atoms with Gasteiger partial charge in [-0.2, -0.15) is 0 Å². The van der Waals surface area contributed by atoms with Gasteiger partial charge in [-0.1, -0.05) is 60.0 Å². The van der Waals surface area contributed by atoms with E-state index in [0.29, 0.717) is 0 Å². The molecule has 0 saturated heterocycles. The van der Waals surface area contributed by atoms with Crippen LogP contribution in [0, 0.1) is 0 Å². The van der Waals surface area contributed by atoms with Gasteiger partial charge in [0.15, 0.2) is 0 Å². The Morgan fingerprint density at radius 2 is 0.524 bits per heavy atom. The van der Waals surface area contributed by atoms with Crippen LogP contribution in [0.15, 0.2) is 120 Å². The first-order valence-electron chi connectivity index (χ1n) is 14.0. The van der Waals surface area contributed by atoms with Crippen molar-refractivity contribution in [3.63, 3.8) is 0 Å². The summed E-state index contributed by atoms with van der Waals surface area (Å²) in [6.07, 6.45) is 0. The SMILES string of the molecule is CN(C)c1ccc(C(=C=C=C=C=C(c2ccc(N(C)C)cc2)c2ccc(N(C)C)cc2)c2ccc(N(C)C)cc2)cc1. The summed E-state index contributed by atoms with van der Waals surface area (Å²) in [5.74, 6) is 0. The Hall–Kier alpha value is -5.06. The highest BCUT2D eigenvalue weighted by atomic mass is 15.1. The molecule has 0 saturated carbocycles. The molecular weight excluding hydrogens is 512 g/mol. The van der Waals surface area contributed by atoms with Crippen LogP contribution in [0.1, 0.15) is 22.3 Å². The minimum absolute atomic E-state index is 0.951. The highest BCUT2D eigenvalue weighted by molar-refractivity contribution is 5.82. The highest BCUT2D eigenvalue weighted by Gasteiger charge is 2.08. The third-order valence-corrected chi connectivity index (χ3v) is 7.13. The first kappa shape index (κ1) is 29.9. The largest absolute Gasteiger partial charge is 0.378 e. The van der Waals surface area contributed by atoms with E-state index in [1.807, 2.05) is 56.4 Å². The Bertz CT molecular complexity index is 1430. The van der Waals surface area contributed by atoms with E-state index in [-0.39, 0.29) is 0 Å². The molecule has 0 atom stereocenters. The third-order valence-electron chi connectivity index (χ3n) is 7.13. The Kier molecular flexibility index (Phi) is 9.64. The molecule has 4 heteroatoms. The van der Waals surface area contributed by atoms with Crippen LogP contribution in [0.25, 0.3) is 11.1 Å². The zero-order valence-corrected chi connectivity index (χ0v) is 26.0. The van der Waals surface area contributed by atoms with Gasteiger partial charge < -0.3 is 19.6 Å². The Morgan fingerprint density at radius 3 is 0.690 bits per heavy atom. The molecule has 42 heavy (non-hydrogen) atoms. The second kappa shape index (κ2) is 13.5.